The lowest BCUT2D eigenvalue weighted by Gasteiger charge is -2.28. The molecule has 0 bridgehead atoms. The summed E-state index contributed by atoms with van der Waals surface area (Å²) in [6, 6.07) is 10.8. The van der Waals surface area contributed by atoms with Crippen LogP contribution in [-0.2, 0) is 0 Å². The molecule has 1 aromatic rings. The fourth-order valence-corrected chi connectivity index (χ4v) is 3.25. The number of hydrogen-bond donors (Lipinski definition) is 1. The van der Waals surface area contributed by atoms with E-state index in [0.29, 0.717) is 5.92 Å². The van der Waals surface area contributed by atoms with E-state index in [1.807, 2.05) is 0 Å². The molecule has 2 rings (SSSR count). The van der Waals surface area contributed by atoms with Crippen LogP contribution in [0.15, 0.2) is 30.3 Å². The van der Waals surface area contributed by atoms with E-state index in [1.165, 1.54) is 44.2 Å². The molecule has 1 aliphatic rings. The van der Waals surface area contributed by atoms with Crippen LogP contribution in [0.4, 0.5) is 0 Å². The molecule has 0 aliphatic heterocycles. The van der Waals surface area contributed by atoms with E-state index in [0.717, 1.165) is 18.4 Å². The van der Waals surface area contributed by atoms with E-state index in [2.05, 4.69) is 49.5 Å². The molecule has 1 N–H and O–H groups in total. The fourth-order valence-electron chi connectivity index (χ4n) is 3.25. The molecule has 0 spiro atoms. The maximum absolute atomic E-state index is 3.69. The van der Waals surface area contributed by atoms with Gasteiger partial charge in [0.1, 0.15) is 0 Å². The SMILES string of the molecule is CCC1CCC(CNCC(C)c2ccccc2)CC1. The second-order valence-electron chi connectivity index (χ2n) is 6.26. The fraction of sp³-hybridized carbons (Fsp3) is 0.667. The van der Waals surface area contributed by atoms with Crippen LogP contribution in [0.5, 0.6) is 0 Å². The van der Waals surface area contributed by atoms with E-state index >= 15 is 0 Å². The third-order valence-corrected chi connectivity index (χ3v) is 4.80. The maximum atomic E-state index is 3.69. The van der Waals surface area contributed by atoms with Gasteiger partial charge in [-0.1, -0.05) is 63.4 Å². The molecule has 106 valence electrons. The molecule has 0 heterocycles. The first-order chi connectivity index (χ1) is 9.29. The molecule has 1 saturated carbocycles. The van der Waals surface area contributed by atoms with Gasteiger partial charge in [-0.15, -0.1) is 0 Å². The largest absolute Gasteiger partial charge is 0.316 e. The zero-order chi connectivity index (χ0) is 13.5. The Kier molecular flexibility index (Phi) is 5.91. The highest BCUT2D eigenvalue weighted by molar-refractivity contribution is 5.18. The van der Waals surface area contributed by atoms with Gasteiger partial charge >= 0.3 is 0 Å². The quantitative estimate of drug-likeness (QED) is 0.787. The van der Waals surface area contributed by atoms with Crippen molar-refractivity contribution in [2.75, 3.05) is 13.1 Å². The lowest BCUT2D eigenvalue weighted by Crippen LogP contribution is -2.29. The summed E-state index contributed by atoms with van der Waals surface area (Å²) in [5.41, 5.74) is 1.45. The van der Waals surface area contributed by atoms with Crippen molar-refractivity contribution in [3.63, 3.8) is 0 Å². The van der Waals surface area contributed by atoms with Gasteiger partial charge in [0.15, 0.2) is 0 Å². The maximum Gasteiger partial charge on any atom is 0.00176 e. The monoisotopic (exact) mass is 259 g/mol. The van der Waals surface area contributed by atoms with Crippen molar-refractivity contribution >= 4 is 0 Å². The van der Waals surface area contributed by atoms with E-state index in [9.17, 15) is 0 Å². The van der Waals surface area contributed by atoms with Crippen molar-refractivity contribution in [2.24, 2.45) is 11.8 Å². The first kappa shape index (κ1) is 14.6. The van der Waals surface area contributed by atoms with Gasteiger partial charge in [0.25, 0.3) is 0 Å². The van der Waals surface area contributed by atoms with Crippen molar-refractivity contribution in [3.8, 4) is 0 Å². The summed E-state index contributed by atoms with van der Waals surface area (Å²) in [4.78, 5) is 0. The Morgan fingerprint density at radius 1 is 1.05 bits per heavy atom. The lowest BCUT2D eigenvalue weighted by molar-refractivity contribution is 0.262. The number of benzene rings is 1. The Hall–Kier alpha value is -0.820. The van der Waals surface area contributed by atoms with Crippen LogP contribution in [-0.4, -0.2) is 13.1 Å². The molecular formula is C18H29N. The molecule has 1 atom stereocenters. The second kappa shape index (κ2) is 7.69. The molecule has 1 nitrogen and oxygen atoms in total. The average molecular weight is 259 g/mol. The second-order valence-corrected chi connectivity index (χ2v) is 6.26. The molecule has 0 aromatic heterocycles. The van der Waals surface area contributed by atoms with Crippen LogP contribution in [0.1, 0.15) is 57.4 Å². The molecule has 1 aliphatic carbocycles. The summed E-state index contributed by atoms with van der Waals surface area (Å²) >= 11 is 0. The molecule has 1 aromatic carbocycles. The molecule has 0 radical (unpaired) electrons. The van der Waals surface area contributed by atoms with Crippen LogP contribution in [0.25, 0.3) is 0 Å². The molecular weight excluding hydrogens is 230 g/mol. The predicted octanol–water partition coefficient (Wildman–Crippen LogP) is 4.60. The summed E-state index contributed by atoms with van der Waals surface area (Å²) in [6.45, 7) is 6.98. The normalized spacial score (nSPS) is 25.2. The smallest absolute Gasteiger partial charge is 0.00176 e. The van der Waals surface area contributed by atoms with Crippen molar-refractivity contribution in [2.45, 2.75) is 51.9 Å². The van der Waals surface area contributed by atoms with E-state index in [-0.39, 0.29) is 0 Å². The minimum absolute atomic E-state index is 0.619. The predicted molar refractivity (Wildman–Crippen MR) is 83.5 cm³/mol. The molecule has 19 heavy (non-hydrogen) atoms. The molecule has 1 heteroatoms. The third-order valence-electron chi connectivity index (χ3n) is 4.80. The van der Waals surface area contributed by atoms with Gasteiger partial charge in [-0.25, -0.2) is 0 Å². The van der Waals surface area contributed by atoms with Gasteiger partial charge in [-0.05, 0) is 42.7 Å². The van der Waals surface area contributed by atoms with Crippen molar-refractivity contribution in [1.29, 1.82) is 0 Å². The van der Waals surface area contributed by atoms with Gasteiger partial charge in [0.2, 0.25) is 0 Å². The molecule has 0 amide bonds. The highest BCUT2D eigenvalue weighted by Crippen LogP contribution is 2.30. The third kappa shape index (κ3) is 4.65. The molecule has 0 saturated heterocycles. The lowest BCUT2D eigenvalue weighted by atomic mass is 9.81. The standard InChI is InChI=1S/C18H29N/c1-3-16-9-11-17(12-10-16)14-19-13-15(2)18-7-5-4-6-8-18/h4-8,15-17,19H,3,9-14H2,1-2H3. The first-order valence-corrected chi connectivity index (χ1v) is 8.05. The Bertz CT molecular complexity index is 338. The highest BCUT2D eigenvalue weighted by atomic mass is 14.9. The van der Waals surface area contributed by atoms with Crippen LogP contribution in [0.3, 0.4) is 0 Å². The van der Waals surface area contributed by atoms with Gasteiger partial charge in [0, 0.05) is 6.54 Å². The number of hydrogen-bond acceptors (Lipinski definition) is 1. The zero-order valence-corrected chi connectivity index (χ0v) is 12.6. The zero-order valence-electron chi connectivity index (χ0n) is 12.6. The van der Waals surface area contributed by atoms with Gasteiger partial charge in [-0.2, -0.15) is 0 Å². The summed E-state index contributed by atoms with van der Waals surface area (Å²) in [6.07, 6.45) is 7.16. The minimum atomic E-state index is 0.619. The average Bonchev–Trinajstić information content (AvgIpc) is 2.49. The van der Waals surface area contributed by atoms with E-state index in [1.54, 1.807) is 0 Å². The summed E-state index contributed by atoms with van der Waals surface area (Å²) in [5.74, 6) is 2.55. The van der Waals surface area contributed by atoms with E-state index in [4.69, 9.17) is 0 Å². The number of nitrogens with one attached hydrogen (secondary N) is 1. The summed E-state index contributed by atoms with van der Waals surface area (Å²) in [5, 5.41) is 3.69. The Morgan fingerprint density at radius 3 is 2.32 bits per heavy atom. The Labute approximate surface area is 118 Å². The van der Waals surface area contributed by atoms with Gasteiger partial charge in [-0.3, -0.25) is 0 Å². The van der Waals surface area contributed by atoms with Crippen molar-refractivity contribution < 1.29 is 0 Å². The number of rotatable bonds is 6. The van der Waals surface area contributed by atoms with Crippen LogP contribution in [0.2, 0.25) is 0 Å². The van der Waals surface area contributed by atoms with Gasteiger partial charge < -0.3 is 5.32 Å². The van der Waals surface area contributed by atoms with Crippen molar-refractivity contribution in [1.82, 2.24) is 5.32 Å². The summed E-state index contributed by atoms with van der Waals surface area (Å²) in [7, 11) is 0. The first-order valence-electron chi connectivity index (χ1n) is 8.05. The molecule has 1 unspecified atom stereocenters. The Balaban J connectivity index is 1.64. The summed E-state index contributed by atoms with van der Waals surface area (Å²) < 4.78 is 0. The topological polar surface area (TPSA) is 12.0 Å². The Morgan fingerprint density at radius 2 is 1.68 bits per heavy atom. The van der Waals surface area contributed by atoms with Crippen LogP contribution in [0, 0.1) is 11.8 Å². The molecule has 1 fully saturated rings. The van der Waals surface area contributed by atoms with E-state index < -0.39 is 0 Å². The highest BCUT2D eigenvalue weighted by Gasteiger charge is 2.19. The van der Waals surface area contributed by atoms with Crippen LogP contribution >= 0.6 is 0 Å². The van der Waals surface area contributed by atoms with Crippen LogP contribution < -0.4 is 5.32 Å². The van der Waals surface area contributed by atoms with Gasteiger partial charge in [0.05, 0.1) is 0 Å². The van der Waals surface area contributed by atoms with Crippen molar-refractivity contribution in [3.05, 3.63) is 35.9 Å². The minimum Gasteiger partial charge on any atom is -0.316 e.